The third kappa shape index (κ3) is 4.37. The van der Waals surface area contributed by atoms with E-state index in [2.05, 4.69) is 29.3 Å². The van der Waals surface area contributed by atoms with E-state index in [-0.39, 0.29) is 0 Å². The van der Waals surface area contributed by atoms with E-state index in [0.29, 0.717) is 11.9 Å². The van der Waals surface area contributed by atoms with Crippen molar-refractivity contribution >= 4 is 0 Å². The Labute approximate surface area is 85.1 Å². The highest BCUT2D eigenvalue weighted by Gasteiger charge is 2.02. The Morgan fingerprint density at radius 2 is 2.43 bits per heavy atom. The Hall–Kier alpha value is -0.900. The van der Waals surface area contributed by atoms with E-state index < -0.39 is 0 Å². The topological polar surface area (TPSA) is 51.0 Å². The van der Waals surface area contributed by atoms with Gasteiger partial charge in [-0.3, -0.25) is 0 Å². The first kappa shape index (κ1) is 11.2. The Morgan fingerprint density at radius 1 is 1.57 bits per heavy atom. The lowest BCUT2D eigenvalue weighted by molar-refractivity contribution is 0.370. The van der Waals surface area contributed by atoms with Crippen molar-refractivity contribution in [2.75, 3.05) is 6.54 Å². The van der Waals surface area contributed by atoms with Gasteiger partial charge in [-0.25, -0.2) is 0 Å². The highest BCUT2D eigenvalue weighted by atomic mass is 16.5. The molecule has 0 fully saturated rings. The normalized spacial score (nSPS) is 13.0. The molecular formula is C10H19N3O. The molecule has 0 saturated carbocycles. The molecule has 80 valence electrons. The Bertz CT molecular complexity index is 223. The smallest absolute Gasteiger partial charge is 0.227 e. The summed E-state index contributed by atoms with van der Waals surface area (Å²) in [5.74, 6) is 0.709. The SMILES string of the molecule is CCCCC(C)NCCc1ncno1. The molecule has 1 atom stereocenters. The first-order valence-electron chi connectivity index (χ1n) is 5.32. The van der Waals surface area contributed by atoms with Crippen molar-refractivity contribution in [1.82, 2.24) is 15.5 Å². The van der Waals surface area contributed by atoms with Gasteiger partial charge in [0.25, 0.3) is 0 Å². The van der Waals surface area contributed by atoms with Gasteiger partial charge in [0.15, 0.2) is 6.33 Å². The molecule has 0 aliphatic rings. The Morgan fingerprint density at radius 3 is 3.07 bits per heavy atom. The van der Waals surface area contributed by atoms with Crippen LogP contribution in [0.25, 0.3) is 0 Å². The number of hydrogen-bond acceptors (Lipinski definition) is 4. The zero-order chi connectivity index (χ0) is 10.2. The van der Waals surface area contributed by atoms with Crippen LogP contribution in [0, 0.1) is 0 Å². The van der Waals surface area contributed by atoms with Crippen LogP contribution in [0.4, 0.5) is 0 Å². The molecule has 0 aliphatic heterocycles. The summed E-state index contributed by atoms with van der Waals surface area (Å²) in [6, 6.07) is 0.581. The van der Waals surface area contributed by atoms with E-state index in [1.165, 1.54) is 25.6 Å². The summed E-state index contributed by atoms with van der Waals surface area (Å²) in [6.45, 7) is 5.34. The quantitative estimate of drug-likeness (QED) is 0.724. The van der Waals surface area contributed by atoms with E-state index in [1.807, 2.05) is 0 Å². The molecule has 1 rings (SSSR count). The minimum absolute atomic E-state index is 0.581. The molecule has 1 unspecified atom stereocenters. The number of aromatic nitrogens is 2. The molecule has 0 radical (unpaired) electrons. The summed E-state index contributed by atoms with van der Waals surface area (Å²) in [4.78, 5) is 3.96. The molecule has 0 bridgehead atoms. The van der Waals surface area contributed by atoms with Crippen LogP contribution in [0.2, 0.25) is 0 Å². The van der Waals surface area contributed by atoms with Crippen molar-refractivity contribution in [3.8, 4) is 0 Å². The second-order valence-electron chi connectivity index (χ2n) is 3.58. The Balaban J connectivity index is 2.03. The van der Waals surface area contributed by atoms with E-state index in [1.54, 1.807) is 0 Å². The van der Waals surface area contributed by atoms with Gasteiger partial charge in [-0.2, -0.15) is 4.98 Å². The van der Waals surface area contributed by atoms with Gasteiger partial charge in [-0.15, -0.1) is 0 Å². The standard InChI is InChI=1S/C10H19N3O/c1-3-4-5-9(2)11-7-6-10-12-8-13-14-10/h8-9,11H,3-7H2,1-2H3. The van der Waals surface area contributed by atoms with Crippen LogP contribution >= 0.6 is 0 Å². The molecule has 0 saturated heterocycles. The average Bonchev–Trinajstić information content (AvgIpc) is 2.67. The van der Waals surface area contributed by atoms with E-state index in [9.17, 15) is 0 Å². The van der Waals surface area contributed by atoms with Crippen LogP contribution in [0.1, 0.15) is 39.0 Å². The van der Waals surface area contributed by atoms with Crippen LogP contribution in [0.15, 0.2) is 10.9 Å². The number of nitrogens with zero attached hydrogens (tertiary/aromatic N) is 2. The Kier molecular flexibility index (Phi) is 5.22. The van der Waals surface area contributed by atoms with Crippen LogP contribution < -0.4 is 5.32 Å². The maximum absolute atomic E-state index is 4.90. The molecule has 0 aliphatic carbocycles. The molecule has 1 heterocycles. The number of rotatable bonds is 7. The molecule has 1 aromatic rings. The minimum Gasteiger partial charge on any atom is -0.340 e. The molecule has 0 aromatic carbocycles. The summed E-state index contributed by atoms with van der Waals surface area (Å²) in [5, 5.41) is 6.98. The zero-order valence-electron chi connectivity index (χ0n) is 8.99. The third-order valence-electron chi connectivity index (χ3n) is 2.23. The number of hydrogen-bond donors (Lipinski definition) is 1. The highest BCUT2D eigenvalue weighted by molar-refractivity contribution is 4.75. The van der Waals surface area contributed by atoms with Gasteiger partial charge in [-0.1, -0.05) is 24.9 Å². The lowest BCUT2D eigenvalue weighted by atomic mass is 10.1. The van der Waals surface area contributed by atoms with Crippen molar-refractivity contribution in [2.24, 2.45) is 0 Å². The second kappa shape index (κ2) is 6.54. The fraction of sp³-hybridized carbons (Fsp3) is 0.800. The summed E-state index contributed by atoms with van der Waals surface area (Å²) in [6.07, 6.45) is 6.04. The number of unbranched alkanes of at least 4 members (excludes halogenated alkanes) is 1. The first-order valence-corrected chi connectivity index (χ1v) is 5.32. The van der Waals surface area contributed by atoms with E-state index >= 15 is 0 Å². The predicted molar refractivity (Wildman–Crippen MR) is 55.0 cm³/mol. The van der Waals surface area contributed by atoms with E-state index in [0.717, 1.165) is 13.0 Å². The average molecular weight is 197 g/mol. The maximum atomic E-state index is 4.90. The van der Waals surface area contributed by atoms with Crippen LogP contribution in [0.5, 0.6) is 0 Å². The number of nitrogens with one attached hydrogen (secondary N) is 1. The molecule has 4 heteroatoms. The fourth-order valence-electron chi connectivity index (χ4n) is 1.34. The van der Waals surface area contributed by atoms with Gasteiger partial charge < -0.3 is 9.84 Å². The zero-order valence-corrected chi connectivity index (χ0v) is 8.99. The summed E-state index contributed by atoms with van der Waals surface area (Å²) >= 11 is 0. The van der Waals surface area contributed by atoms with Crippen LogP contribution in [-0.2, 0) is 6.42 Å². The van der Waals surface area contributed by atoms with Gasteiger partial charge in [0.05, 0.1) is 0 Å². The van der Waals surface area contributed by atoms with Gasteiger partial charge in [0.2, 0.25) is 5.89 Å². The predicted octanol–water partition coefficient (Wildman–Crippen LogP) is 1.78. The lowest BCUT2D eigenvalue weighted by Gasteiger charge is -2.11. The molecule has 14 heavy (non-hydrogen) atoms. The maximum Gasteiger partial charge on any atom is 0.227 e. The molecule has 1 aromatic heterocycles. The van der Waals surface area contributed by atoms with Gasteiger partial charge >= 0.3 is 0 Å². The largest absolute Gasteiger partial charge is 0.340 e. The van der Waals surface area contributed by atoms with E-state index in [4.69, 9.17) is 4.52 Å². The van der Waals surface area contributed by atoms with Crippen molar-refractivity contribution in [1.29, 1.82) is 0 Å². The second-order valence-corrected chi connectivity index (χ2v) is 3.58. The monoisotopic (exact) mass is 197 g/mol. The molecule has 4 nitrogen and oxygen atoms in total. The van der Waals surface area contributed by atoms with Crippen LogP contribution in [0.3, 0.4) is 0 Å². The molecule has 1 N–H and O–H groups in total. The van der Waals surface area contributed by atoms with Crippen molar-refractivity contribution < 1.29 is 4.52 Å². The van der Waals surface area contributed by atoms with Gasteiger partial charge in [0.1, 0.15) is 0 Å². The van der Waals surface area contributed by atoms with Crippen LogP contribution in [-0.4, -0.2) is 22.7 Å². The highest BCUT2D eigenvalue weighted by Crippen LogP contribution is 1.99. The van der Waals surface area contributed by atoms with Gasteiger partial charge in [-0.05, 0) is 13.3 Å². The van der Waals surface area contributed by atoms with Crippen molar-refractivity contribution in [2.45, 2.75) is 45.6 Å². The molecule has 0 spiro atoms. The van der Waals surface area contributed by atoms with Crippen molar-refractivity contribution in [3.05, 3.63) is 12.2 Å². The lowest BCUT2D eigenvalue weighted by Crippen LogP contribution is -2.28. The first-order chi connectivity index (χ1) is 6.83. The molecular weight excluding hydrogens is 178 g/mol. The van der Waals surface area contributed by atoms with Crippen molar-refractivity contribution in [3.63, 3.8) is 0 Å². The minimum atomic E-state index is 0.581. The summed E-state index contributed by atoms with van der Waals surface area (Å²) in [5.41, 5.74) is 0. The molecule has 0 amide bonds. The summed E-state index contributed by atoms with van der Waals surface area (Å²) < 4.78 is 4.90. The third-order valence-corrected chi connectivity index (χ3v) is 2.23. The fourth-order valence-corrected chi connectivity index (χ4v) is 1.34. The van der Waals surface area contributed by atoms with Gasteiger partial charge in [0, 0.05) is 19.0 Å². The summed E-state index contributed by atoms with van der Waals surface area (Å²) in [7, 11) is 0.